The van der Waals surface area contributed by atoms with Gasteiger partial charge >= 0.3 is 0 Å². The predicted molar refractivity (Wildman–Crippen MR) is 72.7 cm³/mol. The van der Waals surface area contributed by atoms with Gasteiger partial charge in [-0.3, -0.25) is 0 Å². The van der Waals surface area contributed by atoms with Crippen LogP contribution in [-0.4, -0.2) is 16.7 Å². The van der Waals surface area contributed by atoms with Gasteiger partial charge in [0.25, 0.3) is 0 Å². The summed E-state index contributed by atoms with van der Waals surface area (Å²) in [6, 6.07) is 8.30. The minimum absolute atomic E-state index is 0.678. The molecule has 4 heteroatoms. The smallest absolute Gasteiger partial charge is 0.240 e. The zero-order chi connectivity index (χ0) is 13.1. The fourth-order valence-corrected chi connectivity index (χ4v) is 2.12. The summed E-state index contributed by atoms with van der Waals surface area (Å²) in [6.45, 7) is 3.85. The van der Waals surface area contributed by atoms with Gasteiger partial charge in [-0.2, -0.15) is 4.98 Å². The summed E-state index contributed by atoms with van der Waals surface area (Å²) in [5, 5.41) is 7.40. The molecule has 0 atom stereocenters. The van der Waals surface area contributed by atoms with E-state index >= 15 is 0 Å². The Morgan fingerprint density at radius 2 is 2.16 bits per heavy atom. The van der Waals surface area contributed by atoms with Crippen molar-refractivity contribution >= 4 is 0 Å². The van der Waals surface area contributed by atoms with Crippen LogP contribution >= 0.6 is 0 Å². The molecule has 0 aliphatic heterocycles. The largest absolute Gasteiger partial charge is 0.338 e. The molecule has 2 aromatic rings. The highest BCUT2D eigenvalue weighted by molar-refractivity contribution is 5.27. The molecule has 3 rings (SSSR count). The molecule has 1 N–H and O–H groups in total. The predicted octanol–water partition coefficient (Wildman–Crippen LogP) is 2.47. The molecular weight excluding hydrogens is 238 g/mol. The van der Waals surface area contributed by atoms with Crippen LogP contribution in [0, 0.1) is 12.8 Å². The molecule has 0 saturated heterocycles. The van der Waals surface area contributed by atoms with E-state index in [0.717, 1.165) is 24.7 Å². The third-order valence-corrected chi connectivity index (χ3v) is 3.53. The van der Waals surface area contributed by atoms with Gasteiger partial charge in [0.15, 0.2) is 5.82 Å². The Morgan fingerprint density at radius 1 is 1.32 bits per heavy atom. The zero-order valence-electron chi connectivity index (χ0n) is 11.2. The van der Waals surface area contributed by atoms with Crippen LogP contribution in [0.4, 0.5) is 0 Å². The normalized spacial score (nSPS) is 14.8. The Kier molecular flexibility index (Phi) is 3.60. The standard InChI is InChI=1S/C15H19N3O/c1-11-4-2-3-5-13(11)8-14-17-15(19-18-14)10-16-9-12-6-7-12/h2-5,12,16H,6-10H2,1H3. The van der Waals surface area contributed by atoms with E-state index in [1.165, 1.54) is 24.0 Å². The van der Waals surface area contributed by atoms with Crippen molar-refractivity contribution in [1.82, 2.24) is 15.5 Å². The van der Waals surface area contributed by atoms with Crippen LogP contribution in [0.5, 0.6) is 0 Å². The van der Waals surface area contributed by atoms with Gasteiger partial charge in [0.05, 0.1) is 6.54 Å². The lowest BCUT2D eigenvalue weighted by molar-refractivity contribution is 0.362. The van der Waals surface area contributed by atoms with Crippen molar-refractivity contribution in [3.63, 3.8) is 0 Å². The molecule has 0 amide bonds. The highest BCUT2D eigenvalue weighted by Crippen LogP contribution is 2.27. The second kappa shape index (κ2) is 5.53. The average molecular weight is 257 g/mol. The molecule has 1 heterocycles. The SMILES string of the molecule is Cc1ccccc1Cc1noc(CNCC2CC2)n1. The lowest BCUT2D eigenvalue weighted by Crippen LogP contribution is -2.16. The Morgan fingerprint density at radius 3 is 2.95 bits per heavy atom. The van der Waals surface area contributed by atoms with Crippen LogP contribution in [0.3, 0.4) is 0 Å². The molecule has 0 spiro atoms. The molecule has 1 aliphatic carbocycles. The van der Waals surface area contributed by atoms with Crippen LogP contribution in [0.2, 0.25) is 0 Å². The molecule has 1 aromatic heterocycles. The monoisotopic (exact) mass is 257 g/mol. The average Bonchev–Trinajstić information content (AvgIpc) is 3.12. The molecule has 0 radical (unpaired) electrons. The number of nitrogens with zero attached hydrogens (tertiary/aromatic N) is 2. The second-order valence-corrected chi connectivity index (χ2v) is 5.28. The molecule has 0 unspecified atom stereocenters. The summed E-state index contributed by atoms with van der Waals surface area (Å²) in [7, 11) is 0. The Labute approximate surface area is 113 Å². The van der Waals surface area contributed by atoms with Crippen LogP contribution in [0.1, 0.15) is 35.7 Å². The first-order valence-electron chi connectivity index (χ1n) is 6.88. The molecule has 1 aliphatic rings. The molecule has 1 aromatic carbocycles. The lowest BCUT2D eigenvalue weighted by Gasteiger charge is -2.00. The summed E-state index contributed by atoms with van der Waals surface area (Å²) in [4.78, 5) is 4.42. The summed E-state index contributed by atoms with van der Waals surface area (Å²) >= 11 is 0. The summed E-state index contributed by atoms with van der Waals surface area (Å²) in [5.74, 6) is 2.32. The maximum Gasteiger partial charge on any atom is 0.240 e. The molecular formula is C15H19N3O. The van der Waals surface area contributed by atoms with Crippen molar-refractivity contribution in [1.29, 1.82) is 0 Å². The molecule has 1 fully saturated rings. The Bertz CT molecular complexity index is 546. The number of aromatic nitrogens is 2. The van der Waals surface area contributed by atoms with Gasteiger partial charge < -0.3 is 9.84 Å². The van der Waals surface area contributed by atoms with E-state index in [-0.39, 0.29) is 0 Å². The number of aryl methyl sites for hydroxylation is 1. The maximum absolute atomic E-state index is 5.26. The summed E-state index contributed by atoms with van der Waals surface area (Å²) in [5.41, 5.74) is 2.52. The topological polar surface area (TPSA) is 51.0 Å². The first kappa shape index (κ1) is 12.4. The zero-order valence-corrected chi connectivity index (χ0v) is 11.2. The van der Waals surface area contributed by atoms with Crippen molar-refractivity contribution in [3.8, 4) is 0 Å². The van der Waals surface area contributed by atoms with E-state index in [2.05, 4.69) is 34.5 Å². The number of hydrogen-bond donors (Lipinski definition) is 1. The van der Waals surface area contributed by atoms with Crippen molar-refractivity contribution in [2.75, 3.05) is 6.54 Å². The first-order chi connectivity index (χ1) is 9.31. The number of rotatable bonds is 6. The van der Waals surface area contributed by atoms with Gasteiger partial charge in [-0.05, 0) is 43.4 Å². The van der Waals surface area contributed by atoms with Crippen LogP contribution in [0.15, 0.2) is 28.8 Å². The van der Waals surface area contributed by atoms with E-state index in [1.54, 1.807) is 0 Å². The molecule has 100 valence electrons. The van der Waals surface area contributed by atoms with Gasteiger partial charge in [0.2, 0.25) is 5.89 Å². The van der Waals surface area contributed by atoms with Gasteiger partial charge in [-0.25, -0.2) is 0 Å². The quantitative estimate of drug-likeness (QED) is 0.863. The highest BCUT2D eigenvalue weighted by Gasteiger charge is 2.20. The Balaban J connectivity index is 1.56. The van der Waals surface area contributed by atoms with Gasteiger partial charge in [0, 0.05) is 6.42 Å². The van der Waals surface area contributed by atoms with Crippen molar-refractivity contribution in [2.24, 2.45) is 5.92 Å². The first-order valence-corrected chi connectivity index (χ1v) is 6.88. The molecule has 0 bridgehead atoms. The third-order valence-electron chi connectivity index (χ3n) is 3.53. The molecule has 1 saturated carbocycles. The second-order valence-electron chi connectivity index (χ2n) is 5.28. The molecule has 4 nitrogen and oxygen atoms in total. The number of nitrogens with one attached hydrogen (secondary N) is 1. The van der Waals surface area contributed by atoms with Crippen molar-refractivity contribution < 1.29 is 4.52 Å². The minimum Gasteiger partial charge on any atom is -0.338 e. The highest BCUT2D eigenvalue weighted by atomic mass is 16.5. The fraction of sp³-hybridized carbons (Fsp3) is 0.467. The van der Waals surface area contributed by atoms with Crippen LogP contribution < -0.4 is 5.32 Å². The maximum atomic E-state index is 5.26. The van der Waals surface area contributed by atoms with Gasteiger partial charge in [-0.15, -0.1) is 0 Å². The van der Waals surface area contributed by atoms with Crippen LogP contribution in [-0.2, 0) is 13.0 Å². The third kappa shape index (κ3) is 3.41. The number of benzene rings is 1. The van der Waals surface area contributed by atoms with Gasteiger partial charge in [-0.1, -0.05) is 29.4 Å². The van der Waals surface area contributed by atoms with E-state index in [0.29, 0.717) is 12.4 Å². The lowest BCUT2D eigenvalue weighted by atomic mass is 10.1. The Hall–Kier alpha value is -1.68. The van der Waals surface area contributed by atoms with E-state index in [4.69, 9.17) is 4.52 Å². The summed E-state index contributed by atoms with van der Waals surface area (Å²) < 4.78 is 5.26. The van der Waals surface area contributed by atoms with Crippen molar-refractivity contribution in [2.45, 2.75) is 32.7 Å². The molecule has 19 heavy (non-hydrogen) atoms. The minimum atomic E-state index is 0.678. The summed E-state index contributed by atoms with van der Waals surface area (Å²) in [6.07, 6.45) is 3.45. The van der Waals surface area contributed by atoms with E-state index in [9.17, 15) is 0 Å². The number of hydrogen-bond acceptors (Lipinski definition) is 4. The van der Waals surface area contributed by atoms with E-state index in [1.807, 2.05) is 12.1 Å². The fourth-order valence-electron chi connectivity index (χ4n) is 2.12. The van der Waals surface area contributed by atoms with Crippen LogP contribution in [0.25, 0.3) is 0 Å². The van der Waals surface area contributed by atoms with E-state index < -0.39 is 0 Å². The van der Waals surface area contributed by atoms with Crippen molar-refractivity contribution in [3.05, 3.63) is 47.1 Å². The van der Waals surface area contributed by atoms with Gasteiger partial charge in [0.1, 0.15) is 0 Å².